The van der Waals surface area contributed by atoms with Crippen molar-refractivity contribution in [2.75, 3.05) is 18.8 Å². The van der Waals surface area contributed by atoms with Crippen LogP contribution in [-0.2, 0) is 13.0 Å². The van der Waals surface area contributed by atoms with Crippen molar-refractivity contribution in [1.82, 2.24) is 9.55 Å². The summed E-state index contributed by atoms with van der Waals surface area (Å²) in [7, 11) is -0.662. The first-order chi connectivity index (χ1) is 10.5. The van der Waals surface area contributed by atoms with E-state index in [9.17, 15) is 0 Å². The zero-order valence-corrected chi connectivity index (χ0v) is 16.5. The Bertz CT molecular complexity index is 511. The van der Waals surface area contributed by atoms with Crippen molar-refractivity contribution in [3.8, 4) is 0 Å². The lowest BCUT2D eigenvalue weighted by molar-refractivity contribution is 0.793. The van der Waals surface area contributed by atoms with Gasteiger partial charge in [-0.05, 0) is 53.3 Å². The van der Waals surface area contributed by atoms with Gasteiger partial charge in [0.25, 0.3) is 0 Å². The molecule has 0 aliphatic heterocycles. The standard InChI is InChI=1S/C15H22N2S.2C2H6/c1-5-13-8-14(11-17-7-6-16-12-17)10-15(9-13)18(2,3)4;2*1-2/h6-10,12H,5,11H2,1-4H3;2*1-2H3. The minimum atomic E-state index is -0.662. The molecule has 0 N–H and O–H groups in total. The van der Waals surface area contributed by atoms with Crippen LogP contribution in [0.3, 0.4) is 0 Å². The second-order valence-electron chi connectivity index (χ2n) is 5.41. The number of hydrogen-bond acceptors (Lipinski definition) is 1. The van der Waals surface area contributed by atoms with Gasteiger partial charge >= 0.3 is 0 Å². The molecular weight excluding hydrogens is 288 g/mol. The predicted molar refractivity (Wildman–Crippen MR) is 103 cm³/mol. The van der Waals surface area contributed by atoms with E-state index in [1.54, 1.807) is 0 Å². The van der Waals surface area contributed by atoms with Gasteiger partial charge in [0.1, 0.15) is 0 Å². The lowest BCUT2D eigenvalue weighted by Crippen LogP contribution is -2.01. The molecule has 0 amide bonds. The van der Waals surface area contributed by atoms with Crippen molar-refractivity contribution in [2.24, 2.45) is 0 Å². The van der Waals surface area contributed by atoms with Gasteiger partial charge in [0, 0.05) is 18.9 Å². The highest BCUT2D eigenvalue weighted by atomic mass is 32.3. The Kier molecular flexibility index (Phi) is 9.91. The van der Waals surface area contributed by atoms with Crippen LogP contribution in [0.2, 0.25) is 0 Å². The summed E-state index contributed by atoms with van der Waals surface area (Å²) < 4.78 is 2.12. The minimum Gasteiger partial charge on any atom is -0.333 e. The van der Waals surface area contributed by atoms with Crippen LogP contribution in [0.25, 0.3) is 0 Å². The Morgan fingerprint density at radius 1 is 0.955 bits per heavy atom. The molecule has 22 heavy (non-hydrogen) atoms. The second-order valence-corrected chi connectivity index (χ2v) is 9.56. The van der Waals surface area contributed by atoms with Crippen LogP contribution in [0.5, 0.6) is 0 Å². The zero-order chi connectivity index (χ0) is 17.2. The van der Waals surface area contributed by atoms with E-state index in [0.717, 1.165) is 13.0 Å². The van der Waals surface area contributed by atoms with E-state index in [0.29, 0.717) is 0 Å². The van der Waals surface area contributed by atoms with E-state index >= 15 is 0 Å². The highest BCUT2D eigenvalue weighted by Crippen LogP contribution is 2.45. The maximum Gasteiger partial charge on any atom is 0.0949 e. The van der Waals surface area contributed by atoms with Crippen LogP contribution >= 0.6 is 10.0 Å². The van der Waals surface area contributed by atoms with Gasteiger partial charge in [-0.2, -0.15) is 0 Å². The summed E-state index contributed by atoms with van der Waals surface area (Å²) in [5.41, 5.74) is 2.81. The lowest BCUT2D eigenvalue weighted by Gasteiger charge is -2.27. The van der Waals surface area contributed by atoms with Gasteiger partial charge in [0.2, 0.25) is 0 Å². The molecule has 1 heterocycles. The molecule has 0 unspecified atom stereocenters. The summed E-state index contributed by atoms with van der Waals surface area (Å²) >= 11 is 0. The van der Waals surface area contributed by atoms with Crippen LogP contribution in [0, 0.1) is 0 Å². The zero-order valence-electron chi connectivity index (χ0n) is 15.7. The van der Waals surface area contributed by atoms with Crippen molar-refractivity contribution < 1.29 is 0 Å². The smallest absolute Gasteiger partial charge is 0.0949 e. The third-order valence-electron chi connectivity index (χ3n) is 3.07. The minimum absolute atomic E-state index is 0.662. The van der Waals surface area contributed by atoms with Crippen molar-refractivity contribution in [3.63, 3.8) is 0 Å². The molecule has 0 aliphatic rings. The molecule has 0 saturated heterocycles. The highest BCUT2D eigenvalue weighted by molar-refractivity contribution is 8.32. The van der Waals surface area contributed by atoms with E-state index in [-0.39, 0.29) is 0 Å². The fourth-order valence-corrected chi connectivity index (χ4v) is 2.98. The van der Waals surface area contributed by atoms with Crippen molar-refractivity contribution >= 4 is 10.0 Å². The third kappa shape index (κ3) is 6.69. The molecule has 0 aliphatic carbocycles. The molecule has 1 aromatic heterocycles. The molecule has 0 radical (unpaired) electrons. The Morgan fingerprint density at radius 3 is 2.00 bits per heavy atom. The summed E-state index contributed by atoms with van der Waals surface area (Å²) in [6.45, 7) is 11.1. The first-order valence-corrected chi connectivity index (χ1v) is 11.1. The van der Waals surface area contributed by atoms with E-state index in [1.807, 2.05) is 46.4 Å². The summed E-state index contributed by atoms with van der Waals surface area (Å²) in [6, 6.07) is 7.04. The molecule has 0 atom stereocenters. The van der Waals surface area contributed by atoms with Crippen molar-refractivity contribution in [1.29, 1.82) is 0 Å². The van der Waals surface area contributed by atoms with E-state index in [4.69, 9.17) is 0 Å². The molecule has 1 aromatic carbocycles. The maximum absolute atomic E-state index is 4.10. The molecule has 126 valence electrons. The maximum atomic E-state index is 4.10. The van der Waals surface area contributed by atoms with Gasteiger partial charge in [-0.3, -0.25) is 0 Å². The summed E-state index contributed by atoms with van der Waals surface area (Å²) in [5, 5.41) is 0. The number of imidazole rings is 1. The van der Waals surface area contributed by atoms with Gasteiger partial charge in [-0.25, -0.2) is 15.0 Å². The summed E-state index contributed by atoms with van der Waals surface area (Å²) in [6.07, 6.45) is 13.9. The van der Waals surface area contributed by atoms with Crippen molar-refractivity contribution in [2.45, 2.75) is 52.5 Å². The number of aromatic nitrogens is 2. The molecule has 2 rings (SSSR count). The molecule has 2 aromatic rings. The quantitative estimate of drug-likeness (QED) is 0.716. The van der Waals surface area contributed by atoms with Gasteiger partial charge < -0.3 is 4.57 Å². The van der Waals surface area contributed by atoms with Crippen LogP contribution in [0.15, 0.2) is 41.8 Å². The highest BCUT2D eigenvalue weighted by Gasteiger charge is 2.10. The Morgan fingerprint density at radius 2 is 1.55 bits per heavy atom. The molecular formula is C19H34N2S. The molecule has 3 heteroatoms. The SMILES string of the molecule is CC.CC.CCc1cc(Cn2ccnc2)cc(S(C)(C)C)c1. The number of nitrogens with zero attached hydrogens (tertiary/aromatic N) is 2. The second kappa shape index (κ2) is 10.5. The number of aryl methyl sites for hydroxylation is 1. The monoisotopic (exact) mass is 322 g/mol. The number of benzene rings is 1. The van der Waals surface area contributed by atoms with Gasteiger partial charge in [0.15, 0.2) is 0 Å². The van der Waals surface area contributed by atoms with Crippen LogP contribution in [-0.4, -0.2) is 28.3 Å². The molecule has 2 nitrogen and oxygen atoms in total. The molecule has 0 spiro atoms. The first kappa shape index (κ1) is 20.8. The van der Waals surface area contributed by atoms with Gasteiger partial charge in [0.05, 0.1) is 6.33 Å². The number of rotatable bonds is 4. The van der Waals surface area contributed by atoms with Gasteiger partial charge in [-0.1, -0.05) is 40.7 Å². The molecule has 0 saturated carbocycles. The summed E-state index contributed by atoms with van der Waals surface area (Å²) in [5.74, 6) is 0. The van der Waals surface area contributed by atoms with Crippen LogP contribution in [0.4, 0.5) is 0 Å². The topological polar surface area (TPSA) is 17.8 Å². The van der Waals surface area contributed by atoms with E-state index in [1.165, 1.54) is 16.0 Å². The largest absolute Gasteiger partial charge is 0.333 e. The fourth-order valence-electron chi connectivity index (χ4n) is 1.97. The summed E-state index contributed by atoms with van der Waals surface area (Å²) in [4.78, 5) is 5.60. The van der Waals surface area contributed by atoms with Gasteiger partial charge in [-0.15, -0.1) is 0 Å². The number of hydrogen-bond donors (Lipinski definition) is 0. The predicted octanol–water partition coefficient (Wildman–Crippen LogP) is 5.60. The fraction of sp³-hybridized carbons (Fsp3) is 0.526. The molecule has 0 bridgehead atoms. The Balaban J connectivity index is 0.00000102. The third-order valence-corrected chi connectivity index (χ3v) is 4.72. The van der Waals surface area contributed by atoms with Crippen molar-refractivity contribution in [3.05, 3.63) is 48.0 Å². The Hall–Kier alpha value is -1.22. The normalized spacial score (nSPS) is 10.9. The first-order valence-electron chi connectivity index (χ1n) is 8.26. The van der Waals surface area contributed by atoms with E-state index < -0.39 is 10.0 Å². The molecule has 0 fully saturated rings. The average Bonchev–Trinajstić information content (AvgIpc) is 3.03. The lowest BCUT2D eigenvalue weighted by atomic mass is 10.1. The van der Waals surface area contributed by atoms with Crippen LogP contribution < -0.4 is 0 Å². The van der Waals surface area contributed by atoms with E-state index in [2.05, 4.69) is 53.4 Å². The average molecular weight is 323 g/mol. The Labute approximate surface area is 139 Å². The van der Waals surface area contributed by atoms with Crippen LogP contribution in [0.1, 0.15) is 45.7 Å².